The number of carbonyl (C=O) groups excluding carboxylic acids is 2. The van der Waals surface area contributed by atoms with E-state index in [4.69, 9.17) is 4.74 Å². The van der Waals surface area contributed by atoms with E-state index in [2.05, 4.69) is 10.6 Å². The van der Waals surface area contributed by atoms with Crippen LogP contribution in [0.15, 0.2) is 12.1 Å². The second-order valence-corrected chi connectivity index (χ2v) is 4.87. The summed E-state index contributed by atoms with van der Waals surface area (Å²) in [6.45, 7) is 8.13. The second kappa shape index (κ2) is 5.07. The van der Waals surface area contributed by atoms with Crippen LogP contribution in [-0.2, 0) is 9.53 Å². The van der Waals surface area contributed by atoms with Crippen molar-refractivity contribution in [2.75, 3.05) is 13.1 Å². The molecule has 96 valence electrons. The number of nitrogens with one attached hydrogen (secondary N) is 2. The molecule has 0 unspecified atom stereocenters. The Kier molecular flexibility index (Phi) is 3.98. The lowest BCUT2D eigenvalue weighted by atomic mass is 10.1. The van der Waals surface area contributed by atoms with Gasteiger partial charge in [-0.25, -0.2) is 4.79 Å². The van der Waals surface area contributed by atoms with Gasteiger partial charge in [-0.1, -0.05) is 0 Å². The lowest BCUT2D eigenvalue weighted by Crippen LogP contribution is -2.44. The summed E-state index contributed by atoms with van der Waals surface area (Å²) in [5.41, 5.74) is -0.374. The maximum Gasteiger partial charge on any atom is 0.414 e. The summed E-state index contributed by atoms with van der Waals surface area (Å²) in [7, 11) is 0. The zero-order valence-electron chi connectivity index (χ0n) is 10.7. The maximum absolute atomic E-state index is 11.6. The van der Waals surface area contributed by atoms with Gasteiger partial charge in [0.05, 0.1) is 6.20 Å². The minimum Gasteiger partial charge on any atom is -0.391 e. The largest absolute Gasteiger partial charge is 0.414 e. The van der Waals surface area contributed by atoms with Crippen molar-refractivity contribution in [1.82, 2.24) is 15.5 Å². The fourth-order valence-electron chi connectivity index (χ4n) is 1.35. The lowest BCUT2D eigenvalue weighted by Gasteiger charge is -2.28. The number of amides is 2. The summed E-state index contributed by atoms with van der Waals surface area (Å²) < 4.78 is 5.09. The first-order valence-electron chi connectivity index (χ1n) is 5.51. The minimum absolute atomic E-state index is 0.152. The summed E-state index contributed by atoms with van der Waals surface area (Å²) in [6, 6.07) is 0. The van der Waals surface area contributed by atoms with Gasteiger partial charge < -0.3 is 15.4 Å². The standard InChI is InChI=1S/C11H19N3O3/c1-8(15)14-6-5-12-7-9(14)17-10(16)13-11(2,3)4/h7,12H,5-6H2,1-4H3,(H,13,16). The molecule has 0 aromatic rings. The van der Waals surface area contributed by atoms with Crippen LogP contribution >= 0.6 is 0 Å². The molecule has 1 rings (SSSR count). The zero-order valence-corrected chi connectivity index (χ0v) is 10.7. The van der Waals surface area contributed by atoms with Crippen LogP contribution in [0.4, 0.5) is 4.79 Å². The third-order valence-electron chi connectivity index (χ3n) is 2.03. The van der Waals surface area contributed by atoms with Gasteiger partial charge >= 0.3 is 6.09 Å². The van der Waals surface area contributed by atoms with E-state index in [1.807, 2.05) is 20.8 Å². The van der Waals surface area contributed by atoms with Crippen LogP contribution in [0.3, 0.4) is 0 Å². The maximum atomic E-state index is 11.6. The van der Waals surface area contributed by atoms with Crippen LogP contribution in [-0.4, -0.2) is 35.5 Å². The summed E-state index contributed by atoms with van der Waals surface area (Å²) >= 11 is 0. The van der Waals surface area contributed by atoms with Crippen LogP contribution in [0.25, 0.3) is 0 Å². The van der Waals surface area contributed by atoms with E-state index in [1.165, 1.54) is 18.0 Å². The highest BCUT2D eigenvalue weighted by molar-refractivity contribution is 5.76. The van der Waals surface area contributed by atoms with Gasteiger partial charge in [0.2, 0.25) is 11.8 Å². The molecule has 0 bridgehead atoms. The molecular weight excluding hydrogens is 222 g/mol. The predicted molar refractivity (Wildman–Crippen MR) is 62.8 cm³/mol. The molecule has 2 N–H and O–H groups in total. The number of carbonyl (C=O) groups is 2. The molecule has 6 nitrogen and oxygen atoms in total. The molecule has 0 aliphatic carbocycles. The third kappa shape index (κ3) is 4.34. The Morgan fingerprint density at radius 1 is 1.47 bits per heavy atom. The minimum atomic E-state index is -0.571. The monoisotopic (exact) mass is 241 g/mol. The summed E-state index contributed by atoms with van der Waals surface area (Å²) in [4.78, 5) is 24.3. The fourth-order valence-corrected chi connectivity index (χ4v) is 1.35. The molecule has 0 atom stereocenters. The third-order valence-corrected chi connectivity index (χ3v) is 2.03. The second-order valence-electron chi connectivity index (χ2n) is 4.87. The van der Waals surface area contributed by atoms with E-state index >= 15 is 0 Å². The molecule has 17 heavy (non-hydrogen) atoms. The first-order valence-corrected chi connectivity index (χ1v) is 5.51. The van der Waals surface area contributed by atoms with Crippen molar-refractivity contribution in [3.05, 3.63) is 12.1 Å². The lowest BCUT2D eigenvalue weighted by molar-refractivity contribution is -0.129. The molecule has 6 heteroatoms. The fraction of sp³-hybridized carbons (Fsp3) is 0.636. The quantitative estimate of drug-likeness (QED) is 0.711. The van der Waals surface area contributed by atoms with Gasteiger partial charge in [-0.05, 0) is 20.8 Å². The molecule has 0 saturated heterocycles. The average Bonchev–Trinajstić information content (AvgIpc) is 2.14. The van der Waals surface area contributed by atoms with Crippen molar-refractivity contribution in [2.45, 2.75) is 33.2 Å². The van der Waals surface area contributed by atoms with Crippen molar-refractivity contribution in [1.29, 1.82) is 0 Å². The van der Waals surface area contributed by atoms with Gasteiger partial charge in [-0.15, -0.1) is 0 Å². The highest BCUT2D eigenvalue weighted by Crippen LogP contribution is 2.10. The van der Waals surface area contributed by atoms with Crippen molar-refractivity contribution in [3.8, 4) is 0 Å². The topological polar surface area (TPSA) is 70.7 Å². The van der Waals surface area contributed by atoms with E-state index in [1.54, 1.807) is 0 Å². The van der Waals surface area contributed by atoms with Gasteiger partial charge in [0.1, 0.15) is 0 Å². The zero-order chi connectivity index (χ0) is 13.1. The summed E-state index contributed by atoms with van der Waals surface area (Å²) in [5.74, 6) is 0.0757. The average molecular weight is 241 g/mol. The molecule has 1 aliphatic heterocycles. The SMILES string of the molecule is CC(=O)N1CCNC=C1OC(=O)NC(C)(C)C. The highest BCUT2D eigenvalue weighted by atomic mass is 16.6. The van der Waals surface area contributed by atoms with E-state index in [0.717, 1.165) is 0 Å². The van der Waals surface area contributed by atoms with Crippen molar-refractivity contribution >= 4 is 12.0 Å². The van der Waals surface area contributed by atoms with Gasteiger partial charge in [-0.2, -0.15) is 0 Å². The summed E-state index contributed by atoms with van der Waals surface area (Å²) in [6.07, 6.45) is 0.950. The van der Waals surface area contributed by atoms with E-state index < -0.39 is 6.09 Å². The van der Waals surface area contributed by atoms with Gasteiger partial charge in [-0.3, -0.25) is 9.69 Å². The molecule has 0 aromatic carbocycles. The number of ether oxygens (including phenoxy) is 1. The Balaban J connectivity index is 2.63. The predicted octanol–water partition coefficient (Wildman–Crippen LogP) is 0.762. The summed E-state index contributed by atoms with van der Waals surface area (Å²) in [5, 5.41) is 5.59. The normalized spacial score (nSPS) is 15.8. The number of alkyl carbamates (subject to hydrolysis) is 1. The molecule has 0 spiro atoms. The number of hydrogen-bond donors (Lipinski definition) is 2. The molecule has 0 radical (unpaired) electrons. The molecular formula is C11H19N3O3. The van der Waals surface area contributed by atoms with E-state index in [-0.39, 0.29) is 17.3 Å². The van der Waals surface area contributed by atoms with Crippen LogP contribution in [0.1, 0.15) is 27.7 Å². The van der Waals surface area contributed by atoms with Crippen molar-refractivity contribution in [3.63, 3.8) is 0 Å². The Hall–Kier alpha value is -1.72. The van der Waals surface area contributed by atoms with Crippen LogP contribution < -0.4 is 10.6 Å². The first kappa shape index (κ1) is 13.3. The van der Waals surface area contributed by atoms with E-state index in [9.17, 15) is 9.59 Å². The van der Waals surface area contributed by atoms with E-state index in [0.29, 0.717) is 13.1 Å². The Labute approximate surface area is 101 Å². The first-order chi connectivity index (χ1) is 7.79. The van der Waals surface area contributed by atoms with Gasteiger partial charge in [0.25, 0.3) is 0 Å². The Morgan fingerprint density at radius 3 is 2.65 bits per heavy atom. The van der Waals surface area contributed by atoms with Crippen molar-refractivity contribution in [2.24, 2.45) is 0 Å². The number of nitrogens with zero attached hydrogens (tertiary/aromatic N) is 1. The smallest absolute Gasteiger partial charge is 0.391 e. The number of hydrogen-bond acceptors (Lipinski definition) is 4. The van der Waals surface area contributed by atoms with Gasteiger partial charge in [0.15, 0.2) is 0 Å². The molecule has 0 fully saturated rings. The molecule has 1 aliphatic rings. The van der Waals surface area contributed by atoms with Gasteiger partial charge in [0, 0.05) is 25.6 Å². The van der Waals surface area contributed by atoms with Crippen molar-refractivity contribution < 1.29 is 14.3 Å². The molecule has 0 saturated carbocycles. The Morgan fingerprint density at radius 2 is 2.12 bits per heavy atom. The van der Waals surface area contributed by atoms with Crippen LogP contribution in [0.2, 0.25) is 0 Å². The number of rotatable bonds is 1. The highest BCUT2D eigenvalue weighted by Gasteiger charge is 2.23. The Bertz CT molecular complexity index is 344. The molecule has 2 amide bonds. The van der Waals surface area contributed by atoms with Crippen LogP contribution in [0, 0.1) is 0 Å². The molecule has 1 heterocycles. The molecule has 0 aromatic heterocycles. The van der Waals surface area contributed by atoms with Crippen LogP contribution in [0.5, 0.6) is 0 Å².